The van der Waals surface area contributed by atoms with Crippen LogP contribution in [0.4, 0.5) is 18.9 Å². The Labute approximate surface area is 149 Å². The maximum absolute atomic E-state index is 13.2. The van der Waals surface area contributed by atoms with Crippen molar-refractivity contribution in [1.29, 1.82) is 0 Å². The monoisotopic (exact) mass is 393 g/mol. The number of halogens is 3. The van der Waals surface area contributed by atoms with E-state index in [1.54, 1.807) is 0 Å². The summed E-state index contributed by atoms with van der Waals surface area (Å²) in [7, 11) is -4.13. The second-order valence-corrected chi connectivity index (χ2v) is 7.71. The Kier molecular flexibility index (Phi) is 5.79. The topological polar surface area (TPSA) is 78.0 Å². The Balaban J connectivity index is 2.28. The predicted molar refractivity (Wildman–Crippen MR) is 87.9 cm³/mol. The number of hydrogen-bond donors (Lipinski definition) is 0. The van der Waals surface area contributed by atoms with Gasteiger partial charge in [-0.25, -0.2) is 8.42 Å². The summed E-state index contributed by atoms with van der Waals surface area (Å²) in [6.45, 7) is 0.208. The molecule has 26 heavy (non-hydrogen) atoms. The lowest BCUT2D eigenvalue weighted by molar-refractivity contribution is -0.137. The van der Waals surface area contributed by atoms with Gasteiger partial charge in [-0.1, -0.05) is 12.1 Å². The van der Waals surface area contributed by atoms with E-state index in [-0.39, 0.29) is 26.2 Å². The lowest BCUT2D eigenvalue weighted by atomic mass is 10.1. The fourth-order valence-electron chi connectivity index (χ4n) is 2.61. The highest BCUT2D eigenvalue weighted by Gasteiger charge is 2.37. The molecule has 2 rings (SSSR count). The van der Waals surface area contributed by atoms with Crippen LogP contribution in [0.15, 0.2) is 24.3 Å². The molecule has 1 aromatic carbocycles. The standard InChI is InChI=1S/C15H18F3N3O4S/c1-26(24,25)21(13-5-3-2-4-12(13)15(16,17)18)10-14(23)20-8-6-19(11-22)7-9-20/h2-5,11H,6-10H2,1H3. The summed E-state index contributed by atoms with van der Waals surface area (Å²) < 4.78 is 64.2. The Hall–Kier alpha value is -2.30. The van der Waals surface area contributed by atoms with Crippen LogP contribution in [-0.2, 0) is 25.8 Å². The van der Waals surface area contributed by atoms with Crippen LogP contribution in [0.3, 0.4) is 0 Å². The van der Waals surface area contributed by atoms with E-state index in [0.29, 0.717) is 10.7 Å². The molecule has 0 saturated carbocycles. The summed E-state index contributed by atoms with van der Waals surface area (Å²) in [5.74, 6) is -0.627. The number of benzene rings is 1. The first-order valence-corrected chi connectivity index (χ1v) is 9.50. The zero-order valence-corrected chi connectivity index (χ0v) is 14.8. The molecular formula is C15H18F3N3O4S. The maximum Gasteiger partial charge on any atom is 0.418 e. The third kappa shape index (κ3) is 4.65. The summed E-state index contributed by atoms with van der Waals surface area (Å²) in [6, 6.07) is 4.20. The van der Waals surface area contributed by atoms with Gasteiger partial charge in [0.15, 0.2) is 0 Å². The number of anilines is 1. The van der Waals surface area contributed by atoms with Gasteiger partial charge in [-0.05, 0) is 12.1 Å². The molecule has 1 fully saturated rings. The highest BCUT2D eigenvalue weighted by atomic mass is 32.2. The Morgan fingerprint density at radius 1 is 1.19 bits per heavy atom. The summed E-state index contributed by atoms with van der Waals surface area (Å²) in [5.41, 5.74) is -1.73. The molecule has 1 aliphatic rings. The fourth-order valence-corrected chi connectivity index (χ4v) is 3.47. The van der Waals surface area contributed by atoms with E-state index in [1.807, 2.05) is 0 Å². The summed E-state index contributed by atoms with van der Waals surface area (Å²) in [5, 5.41) is 0. The number of amides is 2. The van der Waals surface area contributed by atoms with E-state index in [1.165, 1.54) is 15.9 Å². The van der Waals surface area contributed by atoms with Crippen molar-refractivity contribution >= 4 is 28.0 Å². The molecule has 0 atom stereocenters. The van der Waals surface area contributed by atoms with Gasteiger partial charge in [0.2, 0.25) is 22.3 Å². The van der Waals surface area contributed by atoms with Gasteiger partial charge in [0.05, 0.1) is 17.5 Å². The molecule has 144 valence electrons. The first kappa shape index (κ1) is 20.0. The predicted octanol–water partition coefficient (Wildman–Crippen LogP) is 0.772. The molecule has 0 radical (unpaired) electrons. The van der Waals surface area contributed by atoms with Crippen LogP contribution in [0.1, 0.15) is 5.56 Å². The van der Waals surface area contributed by atoms with Crippen molar-refractivity contribution in [2.75, 3.05) is 43.3 Å². The normalized spacial score (nSPS) is 15.7. The van der Waals surface area contributed by atoms with Gasteiger partial charge in [-0.3, -0.25) is 13.9 Å². The molecule has 0 bridgehead atoms. The number of alkyl halides is 3. The third-order valence-corrected chi connectivity index (χ3v) is 5.10. The minimum absolute atomic E-state index is 0.191. The average molecular weight is 393 g/mol. The van der Waals surface area contributed by atoms with Crippen LogP contribution in [-0.4, -0.2) is 69.5 Å². The highest BCUT2D eigenvalue weighted by molar-refractivity contribution is 7.92. The van der Waals surface area contributed by atoms with Crippen molar-refractivity contribution in [1.82, 2.24) is 9.80 Å². The second-order valence-electron chi connectivity index (χ2n) is 5.81. The number of carbonyl (C=O) groups is 2. The van der Waals surface area contributed by atoms with Crippen molar-refractivity contribution in [3.05, 3.63) is 29.8 Å². The zero-order valence-electron chi connectivity index (χ0n) is 13.9. The van der Waals surface area contributed by atoms with Gasteiger partial charge >= 0.3 is 6.18 Å². The van der Waals surface area contributed by atoms with Crippen LogP contribution in [0, 0.1) is 0 Å². The van der Waals surface area contributed by atoms with E-state index < -0.39 is 39.9 Å². The van der Waals surface area contributed by atoms with Crippen molar-refractivity contribution < 1.29 is 31.2 Å². The first-order valence-electron chi connectivity index (χ1n) is 7.65. The Bertz CT molecular complexity index is 775. The molecule has 0 unspecified atom stereocenters. The molecule has 0 aromatic heterocycles. The second kappa shape index (κ2) is 7.52. The third-order valence-electron chi connectivity index (χ3n) is 3.97. The largest absolute Gasteiger partial charge is 0.418 e. The van der Waals surface area contributed by atoms with Gasteiger partial charge in [0, 0.05) is 26.2 Å². The number of sulfonamides is 1. The minimum atomic E-state index is -4.77. The van der Waals surface area contributed by atoms with Crippen molar-refractivity contribution in [2.45, 2.75) is 6.18 Å². The van der Waals surface area contributed by atoms with Gasteiger partial charge in [-0.2, -0.15) is 13.2 Å². The molecule has 1 saturated heterocycles. The number of piperazine rings is 1. The molecule has 7 nitrogen and oxygen atoms in total. The number of para-hydroxylation sites is 1. The van der Waals surface area contributed by atoms with Crippen molar-refractivity contribution in [3.63, 3.8) is 0 Å². The van der Waals surface area contributed by atoms with Crippen LogP contribution in [0.25, 0.3) is 0 Å². The van der Waals surface area contributed by atoms with Gasteiger partial charge < -0.3 is 9.80 Å². The summed E-state index contributed by atoms with van der Waals surface area (Å²) in [4.78, 5) is 25.9. The molecule has 1 aromatic rings. The number of rotatable bonds is 5. The Morgan fingerprint density at radius 3 is 2.27 bits per heavy atom. The Morgan fingerprint density at radius 2 is 1.77 bits per heavy atom. The lowest BCUT2D eigenvalue weighted by Gasteiger charge is -2.34. The van der Waals surface area contributed by atoms with Crippen LogP contribution < -0.4 is 4.31 Å². The molecule has 0 N–H and O–H groups in total. The summed E-state index contributed by atoms with van der Waals surface area (Å²) in [6.07, 6.45) is -3.37. The van der Waals surface area contributed by atoms with Gasteiger partial charge in [-0.15, -0.1) is 0 Å². The van der Waals surface area contributed by atoms with Crippen LogP contribution >= 0.6 is 0 Å². The van der Waals surface area contributed by atoms with Crippen LogP contribution in [0.5, 0.6) is 0 Å². The fraction of sp³-hybridized carbons (Fsp3) is 0.467. The van der Waals surface area contributed by atoms with E-state index in [2.05, 4.69) is 0 Å². The van der Waals surface area contributed by atoms with Gasteiger partial charge in [0.1, 0.15) is 6.54 Å². The molecule has 0 spiro atoms. The molecule has 0 aliphatic carbocycles. The number of nitrogens with zero attached hydrogens (tertiary/aromatic N) is 3. The molecular weight excluding hydrogens is 375 g/mol. The van der Waals surface area contributed by atoms with E-state index in [9.17, 15) is 31.2 Å². The van der Waals surface area contributed by atoms with Crippen molar-refractivity contribution in [2.24, 2.45) is 0 Å². The zero-order chi connectivity index (χ0) is 19.5. The highest BCUT2D eigenvalue weighted by Crippen LogP contribution is 2.37. The van der Waals surface area contributed by atoms with Crippen LogP contribution in [0.2, 0.25) is 0 Å². The van der Waals surface area contributed by atoms with E-state index >= 15 is 0 Å². The van der Waals surface area contributed by atoms with Crippen molar-refractivity contribution in [3.8, 4) is 0 Å². The molecule has 2 amide bonds. The molecule has 11 heteroatoms. The SMILES string of the molecule is CS(=O)(=O)N(CC(=O)N1CCN(C=O)CC1)c1ccccc1C(F)(F)F. The quantitative estimate of drug-likeness (QED) is 0.693. The van der Waals surface area contributed by atoms with E-state index in [0.717, 1.165) is 24.5 Å². The number of hydrogen-bond acceptors (Lipinski definition) is 4. The average Bonchev–Trinajstić information content (AvgIpc) is 2.57. The lowest BCUT2D eigenvalue weighted by Crippen LogP contribution is -2.51. The van der Waals surface area contributed by atoms with E-state index in [4.69, 9.17) is 0 Å². The summed E-state index contributed by atoms with van der Waals surface area (Å²) >= 11 is 0. The minimum Gasteiger partial charge on any atom is -0.342 e. The number of carbonyl (C=O) groups excluding carboxylic acids is 2. The molecule has 1 heterocycles. The molecule has 1 aliphatic heterocycles. The first-order chi connectivity index (χ1) is 12.0. The smallest absolute Gasteiger partial charge is 0.342 e. The van der Waals surface area contributed by atoms with Gasteiger partial charge in [0.25, 0.3) is 0 Å². The maximum atomic E-state index is 13.2.